The summed E-state index contributed by atoms with van der Waals surface area (Å²) in [5.41, 5.74) is 5.19. The summed E-state index contributed by atoms with van der Waals surface area (Å²) >= 11 is 0. The van der Waals surface area contributed by atoms with E-state index >= 15 is 0 Å². The first kappa shape index (κ1) is 10.2. The van der Waals surface area contributed by atoms with E-state index in [4.69, 9.17) is 10.5 Å². The topological polar surface area (TPSA) is 52.3 Å². The van der Waals surface area contributed by atoms with Crippen molar-refractivity contribution in [1.29, 1.82) is 0 Å². The number of benzene rings is 1. The molecule has 2 N–H and O–H groups in total. The Kier molecular flexibility index (Phi) is 3.23. The molecule has 0 saturated heterocycles. The Bertz CT molecular complexity index is 363. The van der Waals surface area contributed by atoms with Crippen molar-refractivity contribution in [3.8, 4) is 0 Å². The minimum atomic E-state index is -0.651. The van der Waals surface area contributed by atoms with E-state index in [1.165, 1.54) is 24.3 Å². The molecule has 0 bridgehead atoms. The molecule has 1 aromatic carbocycles. The van der Waals surface area contributed by atoms with Crippen molar-refractivity contribution < 1.29 is 13.9 Å². The van der Waals surface area contributed by atoms with Crippen molar-refractivity contribution >= 4 is 11.7 Å². The first-order valence-electron chi connectivity index (χ1n) is 3.99. The van der Waals surface area contributed by atoms with E-state index in [9.17, 15) is 9.18 Å². The fourth-order valence-electron chi connectivity index (χ4n) is 0.927. The Balaban J connectivity index is 2.89. The van der Waals surface area contributed by atoms with Crippen molar-refractivity contribution in [2.45, 2.75) is 0 Å². The number of carbonyl (C=O) groups excluding carboxylic acids is 1. The molecule has 0 fully saturated rings. The lowest BCUT2D eigenvalue weighted by atomic mass is 10.2. The van der Waals surface area contributed by atoms with Crippen LogP contribution in [-0.4, -0.2) is 12.6 Å². The highest BCUT2D eigenvalue weighted by atomic mass is 19.1. The standard InChI is InChI=1S/C10H10FNO2/c1-2-6-14-10(13)7-4-3-5-8(11)9(7)12/h2-5H,1,6,12H2. The quantitative estimate of drug-likeness (QED) is 0.454. The van der Waals surface area contributed by atoms with Crippen LogP contribution in [0.4, 0.5) is 10.1 Å². The van der Waals surface area contributed by atoms with E-state index < -0.39 is 11.8 Å². The average Bonchev–Trinajstić information content (AvgIpc) is 2.18. The number of hydrogen-bond donors (Lipinski definition) is 1. The van der Waals surface area contributed by atoms with Crippen molar-refractivity contribution in [3.05, 3.63) is 42.2 Å². The molecule has 0 amide bonds. The van der Waals surface area contributed by atoms with Crippen LogP contribution in [-0.2, 0) is 4.74 Å². The molecule has 0 unspecified atom stereocenters. The molecule has 0 aromatic heterocycles. The summed E-state index contributed by atoms with van der Waals surface area (Å²) < 4.78 is 17.6. The maximum absolute atomic E-state index is 12.9. The molecule has 4 heteroatoms. The SMILES string of the molecule is C=CCOC(=O)c1cccc(F)c1N. The van der Waals surface area contributed by atoms with E-state index in [1.807, 2.05) is 0 Å². The summed E-state index contributed by atoms with van der Waals surface area (Å²) in [5.74, 6) is -1.28. The van der Waals surface area contributed by atoms with Crippen LogP contribution in [0.2, 0.25) is 0 Å². The number of esters is 1. The number of anilines is 1. The second kappa shape index (κ2) is 4.41. The van der Waals surface area contributed by atoms with Gasteiger partial charge in [-0.3, -0.25) is 0 Å². The van der Waals surface area contributed by atoms with Gasteiger partial charge in [-0.15, -0.1) is 0 Å². The molecule has 0 saturated carbocycles. The number of ether oxygens (including phenoxy) is 1. The van der Waals surface area contributed by atoms with Gasteiger partial charge < -0.3 is 10.5 Å². The van der Waals surface area contributed by atoms with Gasteiger partial charge >= 0.3 is 5.97 Å². The minimum absolute atomic E-state index is 0.0341. The minimum Gasteiger partial charge on any atom is -0.458 e. The van der Waals surface area contributed by atoms with Crippen LogP contribution in [0.5, 0.6) is 0 Å². The molecule has 0 aliphatic carbocycles. The molecular weight excluding hydrogens is 185 g/mol. The van der Waals surface area contributed by atoms with Crippen molar-refractivity contribution in [2.75, 3.05) is 12.3 Å². The van der Waals surface area contributed by atoms with Gasteiger partial charge in [0.1, 0.15) is 12.4 Å². The van der Waals surface area contributed by atoms with Gasteiger partial charge in [0.2, 0.25) is 0 Å². The number of rotatable bonds is 3. The summed E-state index contributed by atoms with van der Waals surface area (Å²) in [6, 6.07) is 3.99. The summed E-state index contributed by atoms with van der Waals surface area (Å²) in [5, 5.41) is 0. The Labute approximate surface area is 81.0 Å². The smallest absolute Gasteiger partial charge is 0.340 e. The molecule has 0 heterocycles. The van der Waals surface area contributed by atoms with Crippen LogP contribution in [0.15, 0.2) is 30.9 Å². The van der Waals surface area contributed by atoms with E-state index in [1.54, 1.807) is 0 Å². The number of nitrogen functional groups attached to an aromatic ring is 1. The molecule has 1 aromatic rings. The fraction of sp³-hybridized carbons (Fsp3) is 0.100. The molecule has 0 radical (unpaired) electrons. The lowest BCUT2D eigenvalue weighted by molar-refractivity contribution is 0.0550. The fourth-order valence-corrected chi connectivity index (χ4v) is 0.927. The van der Waals surface area contributed by atoms with Crippen LogP contribution in [0, 0.1) is 5.82 Å². The third-order valence-electron chi connectivity index (χ3n) is 1.61. The van der Waals surface area contributed by atoms with E-state index in [0.717, 1.165) is 0 Å². The largest absolute Gasteiger partial charge is 0.458 e. The number of nitrogens with two attached hydrogens (primary N) is 1. The zero-order valence-electron chi connectivity index (χ0n) is 7.50. The lowest BCUT2D eigenvalue weighted by Gasteiger charge is -2.05. The predicted octanol–water partition coefficient (Wildman–Crippen LogP) is 1.75. The van der Waals surface area contributed by atoms with Gasteiger partial charge in [0, 0.05) is 0 Å². The maximum Gasteiger partial charge on any atom is 0.340 e. The number of hydrogen-bond acceptors (Lipinski definition) is 3. The maximum atomic E-state index is 12.9. The third-order valence-corrected chi connectivity index (χ3v) is 1.61. The van der Waals surface area contributed by atoms with Crippen molar-refractivity contribution in [2.24, 2.45) is 0 Å². The average molecular weight is 195 g/mol. The first-order valence-corrected chi connectivity index (χ1v) is 3.99. The van der Waals surface area contributed by atoms with E-state index in [2.05, 4.69) is 6.58 Å². The second-order valence-electron chi connectivity index (χ2n) is 2.59. The number of halogens is 1. The van der Waals surface area contributed by atoms with Crippen molar-refractivity contribution in [1.82, 2.24) is 0 Å². The third kappa shape index (κ3) is 2.10. The highest BCUT2D eigenvalue weighted by Crippen LogP contribution is 2.16. The van der Waals surface area contributed by atoms with Crippen LogP contribution in [0.3, 0.4) is 0 Å². The van der Waals surface area contributed by atoms with Gasteiger partial charge in [-0.05, 0) is 12.1 Å². The summed E-state index contributed by atoms with van der Waals surface area (Å²) in [7, 11) is 0. The summed E-state index contributed by atoms with van der Waals surface area (Å²) in [6.07, 6.45) is 1.42. The Morgan fingerprint density at radius 2 is 2.36 bits per heavy atom. The van der Waals surface area contributed by atoms with Gasteiger partial charge in [-0.25, -0.2) is 9.18 Å². The highest BCUT2D eigenvalue weighted by molar-refractivity contribution is 5.95. The molecule has 3 nitrogen and oxygen atoms in total. The van der Waals surface area contributed by atoms with Crippen LogP contribution >= 0.6 is 0 Å². The Morgan fingerprint density at radius 1 is 1.64 bits per heavy atom. The number of carbonyl (C=O) groups is 1. The molecular formula is C10H10FNO2. The van der Waals surface area contributed by atoms with Gasteiger partial charge in [-0.2, -0.15) is 0 Å². The van der Waals surface area contributed by atoms with Crippen molar-refractivity contribution in [3.63, 3.8) is 0 Å². The van der Waals surface area contributed by atoms with Crippen LogP contribution in [0.1, 0.15) is 10.4 Å². The molecule has 0 aliphatic heterocycles. The monoisotopic (exact) mass is 195 g/mol. The Hall–Kier alpha value is -1.84. The highest BCUT2D eigenvalue weighted by Gasteiger charge is 2.12. The van der Waals surface area contributed by atoms with Gasteiger partial charge in [-0.1, -0.05) is 18.7 Å². The van der Waals surface area contributed by atoms with Gasteiger partial charge in [0.05, 0.1) is 11.3 Å². The summed E-state index contributed by atoms with van der Waals surface area (Å²) in [4.78, 5) is 11.3. The van der Waals surface area contributed by atoms with Gasteiger partial charge in [0.15, 0.2) is 0 Å². The Morgan fingerprint density at radius 3 is 3.00 bits per heavy atom. The molecule has 1 rings (SSSR count). The first-order chi connectivity index (χ1) is 6.66. The zero-order chi connectivity index (χ0) is 10.6. The van der Waals surface area contributed by atoms with Crippen LogP contribution in [0.25, 0.3) is 0 Å². The summed E-state index contributed by atoms with van der Waals surface area (Å²) in [6.45, 7) is 3.46. The predicted molar refractivity (Wildman–Crippen MR) is 51.3 cm³/mol. The molecule has 0 atom stereocenters. The van der Waals surface area contributed by atoms with E-state index in [0.29, 0.717) is 0 Å². The molecule has 14 heavy (non-hydrogen) atoms. The van der Waals surface area contributed by atoms with Crippen LogP contribution < -0.4 is 5.73 Å². The molecule has 0 spiro atoms. The zero-order valence-corrected chi connectivity index (χ0v) is 7.50. The normalized spacial score (nSPS) is 9.50. The number of para-hydroxylation sites is 1. The molecule has 0 aliphatic rings. The van der Waals surface area contributed by atoms with Gasteiger partial charge in [0.25, 0.3) is 0 Å². The second-order valence-corrected chi connectivity index (χ2v) is 2.59. The lowest BCUT2D eigenvalue weighted by Crippen LogP contribution is -2.09. The molecule has 74 valence electrons. The van der Waals surface area contributed by atoms with E-state index in [-0.39, 0.29) is 17.9 Å².